The Balaban J connectivity index is 4.23. The Kier molecular flexibility index (Phi) is 4.53. The summed E-state index contributed by atoms with van der Waals surface area (Å²) in [5, 5.41) is 0. The van der Waals surface area contributed by atoms with Crippen LogP contribution < -0.4 is 0 Å². The molecule has 0 amide bonds. The Hall–Kier alpha value is 0.987. The minimum atomic E-state index is -1.49. The van der Waals surface area contributed by atoms with Gasteiger partial charge in [-0.1, -0.05) is 43.6 Å². The van der Waals surface area contributed by atoms with E-state index < -0.39 is 7.38 Å². The largest absolute Gasteiger partial charge is 0.171 e. The third-order valence-electron chi connectivity index (χ3n) is 2.12. The minimum Gasteiger partial charge on any atom is -0.166 e. The zero-order valence-electron chi connectivity index (χ0n) is 7.12. The van der Waals surface area contributed by atoms with Gasteiger partial charge in [-0.2, -0.15) is 11.1 Å². The van der Waals surface area contributed by atoms with Crippen molar-refractivity contribution in [3.05, 3.63) is 0 Å². The highest BCUT2D eigenvalue weighted by Gasteiger charge is 2.36. The molecule has 62 valence electrons. The molecule has 0 fully saturated rings. The van der Waals surface area contributed by atoms with Crippen molar-refractivity contribution in [2.24, 2.45) is 0 Å². The Labute approximate surface area is 78.2 Å². The first-order valence-electron chi connectivity index (χ1n) is 3.70. The molecule has 0 atom stereocenters. The molecule has 0 radical (unpaired) electrons. The quantitative estimate of drug-likeness (QED) is 0.400. The van der Waals surface area contributed by atoms with Crippen LogP contribution in [0.3, 0.4) is 0 Å². The number of hydrogen-bond acceptors (Lipinski definition) is 0. The van der Waals surface area contributed by atoms with Crippen molar-refractivity contribution in [1.82, 2.24) is 0 Å². The molecule has 10 heavy (non-hydrogen) atoms. The SMILES string of the molecule is CC(C)[Si](Cl)(CBr)C(C)C. The first-order chi connectivity index (χ1) is 4.45. The van der Waals surface area contributed by atoms with Crippen LogP contribution in [-0.4, -0.2) is 12.3 Å². The van der Waals surface area contributed by atoms with Gasteiger partial charge in [-0.3, -0.25) is 0 Å². The van der Waals surface area contributed by atoms with Gasteiger partial charge >= 0.3 is 0 Å². The molecule has 0 unspecified atom stereocenters. The third kappa shape index (κ3) is 2.24. The van der Waals surface area contributed by atoms with Crippen molar-refractivity contribution in [3.8, 4) is 0 Å². The molecule has 0 aromatic heterocycles. The van der Waals surface area contributed by atoms with Gasteiger partial charge in [0.2, 0.25) is 0 Å². The summed E-state index contributed by atoms with van der Waals surface area (Å²) >= 11 is 9.99. The molecule has 0 rings (SSSR count). The number of rotatable bonds is 3. The molecule has 0 heterocycles. The van der Waals surface area contributed by atoms with Crippen LogP contribution >= 0.6 is 27.0 Å². The van der Waals surface area contributed by atoms with Crippen LogP contribution in [0.4, 0.5) is 0 Å². The molecule has 0 saturated carbocycles. The number of alkyl halides is 1. The van der Waals surface area contributed by atoms with Crippen LogP contribution in [0.5, 0.6) is 0 Å². The van der Waals surface area contributed by atoms with Crippen LogP contribution in [0.2, 0.25) is 11.1 Å². The van der Waals surface area contributed by atoms with Crippen LogP contribution in [0.25, 0.3) is 0 Å². The smallest absolute Gasteiger partial charge is 0.166 e. The highest BCUT2D eigenvalue weighted by molar-refractivity contribution is 9.09. The van der Waals surface area contributed by atoms with Crippen molar-refractivity contribution >= 4 is 34.4 Å². The number of halogens is 2. The van der Waals surface area contributed by atoms with E-state index in [9.17, 15) is 0 Å². The van der Waals surface area contributed by atoms with Gasteiger partial charge in [0.1, 0.15) is 0 Å². The molecule has 0 aliphatic heterocycles. The van der Waals surface area contributed by atoms with Gasteiger partial charge in [0.15, 0.2) is 7.38 Å². The summed E-state index contributed by atoms with van der Waals surface area (Å²) < 4.78 is 0. The van der Waals surface area contributed by atoms with Crippen molar-refractivity contribution in [1.29, 1.82) is 0 Å². The maximum Gasteiger partial charge on any atom is 0.171 e. The summed E-state index contributed by atoms with van der Waals surface area (Å²) in [5.74, 6) is 0. The topological polar surface area (TPSA) is 0 Å². The second kappa shape index (κ2) is 4.12. The van der Waals surface area contributed by atoms with Gasteiger partial charge in [-0.05, 0) is 11.1 Å². The molecule has 0 aliphatic carbocycles. The molecule has 0 aromatic carbocycles. The molecular weight excluding hydrogens is 228 g/mol. The average Bonchev–Trinajstić information content (AvgIpc) is 1.85. The highest BCUT2D eigenvalue weighted by Crippen LogP contribution is 2.36. The van der Waals surface area contributed by atoms with Crippen molar-refractivity contribution in [2.75, 3.05) is 4.95 Å². The third-order valence-corrected chi connectivity index (χ3v) is 13.1. The summed E-state index contributed by atoms with van der Waals surface area (Å²) in [5.41, 5.74) is 1.32. The van der Waals surface area contributed by atoms with E-state index in [1.807, 2.05) is 0 Å². The van der Waals surface area contributed by atoms with Gasteiger partial charge in [0, 0.05) is 4.95 Å². The molecular formula is C7H16BrClSi. The summed E-state index contributed by atoms with van der Waals surface area (Å²) in [4.78, 5) is 1.01. The fourth-order valence-electron chi connectivity index (χ4n) is 0.975. The molecule has 0 spiro atoms. The summed E-state index contributed by atoms with van der Waals surface area (Å²) in [7, 11) is -1.49. The highest BCUT2D eigenvalue weighted by atomic mass is 79.9. The molecule has 0 aromatic rings. The lowest BCUT2D eigenvalue weighted by Crippen LogP contribution is -2.37. The van der Waals surface area contributed by atoms with E-state index in [0.717, 1.165) is 4.95 Å². The van der Waals surface area contributed by atoms with E-state index in [0.29, 0.717) is 11.1 Å². The van der Waals surface area contributed by atoms with E-state index in [1.54, 1.807) is 0 Å². The molecule has 0 bridgehead atoms. The molecule has 0 N–H and O–H groups in total. The Morgan fingerprint density at radius 3 is 1.50 bits per heavy atom. The van der Waals surface area contributed by atoms with Crippen LogP contribution in [0, 0.1) is 0 Å². The number of hydrogen-bond donors (Lipinski definition) is 0. The van der Waals surface area contributed by atoms with Gasteiger partial charge in [0.05, 0.1) is 0 Å². The first kappa shape index (κ1) is 11.0. The first-order valence-corrected chi connectivity index (χ1v) is 8.19. The Morgan fingerprint density at radius 1 is 1.20 bits per heavy atom. The van der Waals surface area contributed by atoms with Gasteiger partial charge in [-0.25, -0.2) is 0 Å². The van der Waals surface area contributed by atoms with Crippen LogP contribution in [0.15, 0.2) is 0 Å². The van der Waals surface area contributed by atoms with Gasteiger partial charge in [-0.15, -0.1) is 0 Å². The maximum absolute atomic E-state index is 6.49. The lowest BCUT2D eigenvalue weighted by Gasteiger charge is -2.30. The fraction of sp³-hybridized carbons (Fsp3) is 1.00. The van der Waals surface area contributed by atoms with Gasteiger partial charge < -0.3 is 0 Å². The summed E-state index contributed by atoms with van der Waals surface area (Å²) in [6.07, 6.45) is 0. The predicted octanol–water partition coefficient (Wildman–Crippen LogP) is 3.92. The lowest BCUT2D eigenvalue weighted by molar-refractivity contribution is 0.929. The second-order valence-corrected chi connectivity index (χ2v) is 11.6. The zero-order valence-corrected chi connectivity index (χ0v) is 10.5. The van der Waals surface area contributed by atoms with E-state index in [1.165, 1.54) is 0 Å². The molecule has 3 heteroatoms. The standard InChI is InChI=1S/C7H16BrClSi/c1-6(2)10(9,5-8)7(3)4/h6-7H,5H2,1-4H3. The average molecular weight is 244 g/mol. The van der Waals surface area contributed by atoms with Crippen molar-refractivity contribution in [3.63, 3.8) is 0 Å². The maximum atomic E-state index is 6.49. The van der Waals surface area contributed by atoms with E-state index in [2.05, 4.69) is 43.6 Å². The molecule has 0 aliphatic rings. The summed E-state index contributed by atoms with van der Waals surface area (Å²) in [6, 6.07) is 0. The Bertz CT molecular complexity index is 95.8. The predicted molar refractivity (Wildman–Crippen MR) is 55.6 cm³/mol. The van der Waals surface area contributed by atoms with Crippen molar-refractivity contribution < 1.29 is 0 Å². The summed E-state index contributed by atoms with van der Waals surface area (Å²) in [6.45, 7) is 8.89. The lowest BCUT2D eigenvalue weighted by atomic mass is 10.5. The zero-order chi connectivity index (χ0) is 8.36. The van der Waals surface area contributed by atoms with E-state index >= 15 is 0 Å². The normalized spacial score (nSPS) is 13.2. The van der Waals surface area contributed by atoms with E-state index in [4.69, 9.17) is 11.1 Å². The monoisotopic (exact) mass is 242 g/mol. The second-order valence-electron chi connectivity index (χ2n) is 3.37. The van der Waals surface area contributed by atoms with Crippen LogP contribution in [-0.2, 0) is 0 Å². The van der Waals surface area contributed by atoms with Crippen LogP contribution in [0.1, 0.15) is 27.7 Å². The Morgan fingerprint density at radius 2 is 1.50 bits per heavy atom. The van der Waals surface area contributed by atoms with Crippen molar-refractivity contribution in [2.45, 2.75) is 38.8 Å². The van der Waals surface area contributed by atoms with Gasteiger partial charge in [0.25, 0.3) is 0 Å². The van der Waals surface area contributed by atoms with E-state index in [-0.39, 0.29) is 0 Å². The molecule has 0 saturated heterocycles. The minimum absolute atomic E-state index is 0.661. The fourth-order valence-corrected chi connectivity index (χ4v) is 6.81. The molecule has 0 nitrogen and oxygen atoms in total.